The Labute approximate surface area is 66.4 Å². The second-order valence-electron chi connectivity index (χ2n) is 3.03. The number of ketones is 1. The summed E-state index contributed by atoms with van der Waals surface area (Å²) in [5, 5.41) is 9.26. The van der Waals surface area contributed by atoms with Crippen LogP contribution in [0.3, 0.4) is 0 Å². The molecule has 1 rings (SSSR count). The molecule has 2 atom stereocenters. The molecular weight excluding hydrogens is 144 g/mol. The summed E-state index contributed by atoms with van der Waals surface area (Å²) in [5.41, 5.74) is 0. The maximum absolute atomic E-state index is 10.9. The molecule has 11 heavy (non-hydrogen) atoms. The molecule has 3 nitrogen and oxygen atoms in total. The van der Waals surface area contributed by atoms with Gasteiger partial charge in [-0.15, -0.1) is 0 Å². The van der Waals surface area contributed by atoms with Gasteiger partial charge in [0.15, 0.2) is 0 Å². The molecule has 0 amide bonds. The number of aliphatic hydroxyl groups excluding tert-OH is 1. The molecule has 1 aliphatic rings. The first-order chi connectivity index (χ1) is 5.22. The molecule has 0 radical (unpaired) electrons. The minimum Gasteiger partial charge on any atom is -0.393 e. The minimum atomic E-state index is -0.491. The van der Waals surface area contributed by atoms with Crippen LogP contribution < -0.4 is 0 Å². The Morgan fingerprint density at radius 3 is 3.00 bits per heavy atom. The largest absolute Gasteiger partial charge is 0.393 e. The Kier molecular flexibility index (Phi) is 3.02. The van der Waals surface area contributed by atoms with Crippen LogP contribution in [0.1, 0.15) is 25.7 Å². The summed E-state index contributed by atoms with van der Waals surface area (Å²) in [6, 6.07) is 0. The fourth-order valence-corrected chi connectivity index (χ4v) is 1.41. The van der Waals surface area contributed by atoms with E-state index in [0.717, 1.165) is 6.42 Å². The van der Waals surface area contributed by atoms with Gasteiger partial charge >= 0.3 is 0 Å². The highest BCUT2D eigenvalue weighted by molar-refractivity contribution is 5.79. The van der Waals surface area contributed by atoms with E-state index < -0.39 is 6.10 Å². The van der Waals surface area contributed by atoms with Gasteiger partial charge in [0, 0.05) is 20.0 Å². The highest BCUT2D eigenvalue weighted by atomic mass is 16.5. The third-order valence-electron chi connectivity index (χ3n) is 2.08. The topological polar surface area (TPSA) is 46.5 Å². The van der Waals surface area contributed by atoms with E-state index in [-0.39, 0.29) is 11.9 Å². The molecule has 0 aromatic heterocycles. The number of hydrogen-bond donors (Lipinski definition) is 1. The van der Waals surface area contributed by atoms with Gasteiger partial charge in [-0.25, -0.2) is 0 Å². The summed E-state index contributed by atoms with van der Waals surface area (Å²) in [4.78, 5) is 10.9. The van der Waals surface area contributed by atoms with E-state index in [1.54, 1.807) is 7.11 Å². The fraction of sp³-hybridized carbons (Fsp3) is 0.875. The van der Waals surface area contributed by atoms with Crippen LogP contribution in [0, 0.1) is 0 Å². The molecule has 0 heterocycles. The Morgan fingerprint density at radius 2 is 2.36 bits per heavy atom. The second-order valence-corrected chi connectivity index (χ2v) is 3.03. The average Bonchev–Trinajstić information content (AvgIpc) is 2.11. The molecule has 0 saturated heterocycles. The summed E-state index contributed by atoms with van der Waals surface area (Å²) in [7, 11) is 1.62. The van der Waals surface area contributed by atoms with Gasteiger partial charge in [-0.05, 0) is 12.8 Å². The molecule has 64 valence electrons. The third kappa shape index (κ3) is 2.60. The first-order valence-corrected chi connectivity index (χ1v) is 3.95. The molecule has 0 spiro atoms. The monoisotopic (exact) mass is 158 g/mol. The lowest BCUT2D eigenvalue weighted by molar-refractivity contribution is -0.120. The SMILES string of the molecule is COC1CCC(=O)CC(O)C1. The number of aliphatic hydroxyl groups is 1. The van der Waals surface area contributed by atoms with Gasteiger partial charge in [-0.2, -0.15) is 0 Å². The molecule has 0 aliphatic heterocycles. The van der Waals surface area contributed by atoms with E-state index >= 15 is 0 Å². The van der Waals surface area contributed by atoms with E-state index in [9.17, 15) is 9.90 Å². The first kappa shape index (κ1) is 8.68. The molecule has 1 saturated carbocycles. The normalized spacial score (nSPS) is 33.5. The molecule has 0 aromatic carbocycles. The molecule has 1 N–H and O–H groups in total. The summed E-state index contributed by atoms with van der Waals surface area (Å²) in [5.74, 6) is 0.150. The van der Waals surface area contributed by atoms with Crippen LogP contribution in [-0.4, -0.2) is 30.2 Å². The maximum atomic E-state index is 10.9. The van der Waals surface area contributed by atoms with Crippen molar-refractivity contribution in [1.82, 2.24) is 0 Å². The molecule has 3 heteroatoms. The minimum absolute atomic E-state index is 0.0662. The van der Waals surface area contributed by atoms with Crippen LogP contribution in [0.5, 0.6) is 0 Å². The van der Waals surface area contributed by atoms with Crippen LogP contribution in [0.15, 0.2) is 0 Å². The van der Waals surface area contributed by atoms with Gasteiger partial charge < -0.3 is 9.84 Å². The predicted molar refractivity (Wildman–Crippen MR) is 40.3 cm³/mol. The standard InChI is InChI=1S/C8H14O3/c1-11-8-3-2-6(9)4-7(10)5-8/h7-8,10H,2-5H2,1H3. The van der Waals surface area contributed by atoms with Crippen molar-refractivity contribution in [3.63, 3.8) is 0 Å². The highest BCUT2D eigenvalue weighted by Gasteiger charge is 2.22. The molecule has 2 unspecified atom stereocenters. The van der Waals surface area contributed by atoms with Crippen molar-refractivity contribution < 1.29 is 14.6 Å². The zero-order valence-corrected chi connectivity index (χ0v) is 6.75. The number of Topliss-reactive ketones (excluding diaryl/α,β-unsaturated/α-hetero) is 1. The van der Waals surface area contributed by atoms with Crippen LogP contribution in [-0.2, 0) is 9.53 Å². The lowest BCUT2D eigenvalue weighted by Crippen LogP contribution is -2.16. The Morgan fingerprint density at radius 1 is 1.64 bits per heavy atom. The number of methoxy groups -OCH3 is 1. The third-order valence-corrected chi connectivity index (χ3v) is 2.08. The Bertz CT molecular complexity index is 144. The molecule has 0 aromatic rings. The van der Waals surface area contributed by atoms with Gasteiger partial charge in [-0.3, -0.25) is 4.79 Å². The van der Waals surface area contributed by atoms with Gasteiger partial charge in [0.25, 0.3) is 0 Å². The van der Waals surface area contributed by atoms with Crippen molar-refractivity contribution in [2.75, 3.05) is 7.11 Å². The van der Waals surface area contributed by atoms with E-state index in [4.69, 9.17) is 4.74 Å². The lowest BCUT2D eigenvalue weighted by Gasteiger charge is -2.13. The van der Waals surface area contributed by atoms with Crippen molar-refractivity contribution in [3.8, 4) is 0 Å². The summed E-state index contributed by atoms with van der Waals surface area (Å²) >= 11 is 0. The van der Waals surface area contributed by atoms with Crippen LogP contribution >= 0.6 is 0 Å². The van der Waals surface area contributed by atoms with Crippen molar-refractivity contribution in [2.24, 2.45) is 0 Å². The molecule has 1 aliphatic carbocycles. The van der Waals surface area contributed by atoms with E-state index in [2.05, 4.69) is 0 Å². The highest BCUT2D eigenvalue weighted by Crippen LogP contribution is 2.17. The molecular formula is C8H14O3. The van der Waals surface area contributed by atoms with Crippen LogP contribution in [0.4, 0.5) is 0 Å². The van der Waals surface area contributed by atoms with Gasteiger partial charge in [-0.1, -0.05) is 0 Å². The van der Waals surface area contributed by atoms with Crippen molar-refractivity contribution >= 4 is 5.78 Å². The number of hydrogen-bond acceptors (Lipinski definition) is 3. The number of ether oxygens (including phenoxy) is 1. The molecule has 1 fully saturated rings. The van der Waals surface area contributed by atoms with Crippen molar-refractivity contribution in [2.45, 2.75) is 37.9 Å². The van der Waals surface area contributed by atoms with E-state index in [1.807, 2.05) is 0 Å². The van der Waals surface area contributed by atoms with Gasteiger partial charge in [0.05, 0.1) is 12.2 Å². The van der Waals surface area contributed by atoms with Crippen LogP contribution in [0.2, 0.25) is 0 Å². The predicted octanol–water partition coefficient (Wildman–Crippen LogP) is 0.505. The Hall–Kier alpha value is -0.410. The quantitative estimate of drug-likeness (QED) is 0.565. The summed E-state index contributed by atoms with van der Waals surface area (Å²) < 4.78 is 5.08. The lowest BCUT2D eigenvalue weighted by atomic mass is 10.1. The number of carbonyl (C=O) groups excluding carboxylic acids is 1. The van der Waals surface area contributed by atoms with Crippen molar-refractivity contribution in [1.29, 1.82) is 0 Å². The zero-order valence-electron chi connectivity index (χ0n) is 6.75. The molecule has 0 bridgehead atoms. The van der Waals surface area contributed by atoms with Gasteiger partial charge in [0.2, 0.25) is 0 Å². The fourth-order valence-electron chi connectivity index (χ4n) is 1.41. The maximum Gasteiger partial charge on any atom is 0.135 e. The second kappa shape index (κ2) is 3.83. The van der Waals surface area contributed by atoms with Crippen molar-refractivity contribution in [3.05, 3.63) is 0 Å². The number of carbonyl (C=O) groups is 1. The van der Waals surface area contributed by atoms with Gasteiger partial charge in [0.1, 0.15) is 5.78 Å². The van der Waals surface area contributed by atoms with E-state index in [1.165, 1.54) is 0 Å². The number of rotatable bonds is 1. The zero-order chi connectivity index (χ0) is 8.27. The van der Waals surface area contributed by atoms with E-state index in [0.29, 0.717) is 19.3 Å². The Balaban J connectivity index is 2.46. The average molecular weight is 158 g/mol. The first-order valence-electron chi connectivity index (χ1n) is 3.95. The summed E-state index contributed by atoms with van der Waals surface area (Å²) in [6.07, 6.45) is 1.79. The smallest absolute Gasteiger partial charge is 0.135 e. The van der Waals surface area contributed by atoms with Crippen LogP contribution in [0.25, 0.3) is 0 Å². The summed E-state index contributed by atoms with van der Waals surface area (Å²) in [6.45, 7) is 0.